The molecule has 6 nitrogen and oxygen atoms in total. The highest BCUT2D eigenvalue weighted by Crippen LogP contribution is 2.29. The predicted molar refractivity (Wildman–Crippen MR) is 79.7 cm³/mol. The summed E-state index contributed by atoms with van der Waals surface area (Å²) in [5, 5.41) is 2.99. The minimum absolute atomic E-state index is 0.0722. The second kappa shape index (κ2) is 6.48. The monoisotopic (exact) mass is 316 g/mol. The molecule has 2 unspecified atom stereocenters. The van der Waals surface area contributed by atoms with Gasteiger partial charge in [-0.3, -0.25) is 0 Å². The van der Waals surface area contributed by atoms with Crippen molar-refractivity contribution in [3.05, 3.63) is 17.1 Å². The van der Waals surface area contributed by atoms with Gasteiger partial charge in [-0.15, -0.1) is 0 Å². The summed E-state index contributed by atoms with van der Waals surface area (Å²) in [7, 11) is -0.131. The molecule has 7 heteroatoms. The predicted octanol–water partition coefficient (Wildman–Crippen LogP) is 1.46. The molecule has 0 spiro atoms. The van der Waals surface area contributed by atoms with Crippen molar-refractivity contribution in [3.63, 3.8) is 0 Å². The van der Waals surface area contributed by atoms with Crippen LogP contribution in [-0.4, -0.2) is 34.7 Å². The number of furan rings is 1. The van der Waals surface area contributed by atoms with E-state index in [0.717, 1.165) is 12.8 Å². The Kier molecular flexibility index (Phi) is 5.08. The molecule has 0 aromatic carbocycles. The fraction of sp³-hybridized carbons (Fsp3) is 0.714. The number of hydrogen-bond donors (Lipinski definition) is 2. The Balaban J connectivity index is 2.24. The van der Waals surface area contributed by atoms with Crippen LogP contribution in [0.4, 0.5) is 0 Å². The molecule has 1 aliphatic carbocycles. The first-order chi connectivity index (χ1) is 9.89. The summed E-state index contributed by atoms with van der Waals surface area (Å²) in [6.07, 6.45) is 2.54. The molecule has 0 bridgehead atoms. The first-order valence-corrected chi connectivity index (χ1v) is 8.66. The van der Waals surface area contributed by atoms with Gasteiger partial charge >= 0.3 is 0 Å². The maximum absolute atomic E-state index is 12.7. The Bertz CT molecular complexity index is 594. The Labute approximate surface area is 126 Å². The lowest BCUT2D eigenvalue weighted by Crippen LogP contribution is -2.34. The first kappa shape index (κ1) is 16.5. The molecule has 21 heavy (non-hydrogen) atoms. The number of aryl methyl sites for hydroxylation is 2. The molecule has 0 radical (unpaired) electrons. The molecule has 1 fully saturated rings. The third-order valence-corrected chi connectivity index (χ3v) is 5.70. The molecular weight excluding hydrogens is 292 g/mol. The smallest absolute Gasteiger partial charge is 0.244 e. The van der Waals surface area contributed by atoms with E-state index in [0.29, 0.717) is 30.0 Å². The minimum atomic E-state index is -3.58. The summed E-state index contributed by atoms with van der Waals surface area (Å²) < 4.78 is 38.9. The summed E-state index contributed by atoms with van der Waals surface area (Å²) in [6.45, 7) is 3.94. The van der Waals surface area contributed by atoms with Gasteiger partial charge in [-0.1, -0.05) is 0 Å². The molecule has 0 saturated heterocycles. The second-order valence-electron chi connectivity index (χ2n) is 5.54. The normalized spacial score (nSPS) is 22.9. The number of sulfonamides is 1. The lowest BCUT2D eigenvalue weighted by atomic mass is 10.2. The fourth-order valence-corrected chi connectivity index (χ4v) is 4.71. The number of nitrogens with one attached hydrogen (secondary N) is 2. The number of ether oxygens (including phenoxy) is 1. The van der Waals surface area contributed by atoms with E-state index in [-0.39, 0.29) is 17.0 Å². The second-order valence-corrected chi connectivity index (χ2v) is 7.19. The van der Waals surface area contributed by atoms with E-state index in [1.165, 1.54) is 0 Å². The first-order valence-electron chi connectivity index (χ1n) is 7.17. The van der Waals surface area contributed by atoms with Gasteiger partial charge in [0, 0.05) is 25.3 Å². The molecule has 2 atom stereocenters. The van der Waals surface area contributed by atoms with Crippen molar-refractivity contribution in [2.24, 2.45) is 0 Å². The van der Waals surface area contributed by atoms with Gasteiger partial charge in [0.05, 0.1) is 6.10 Å². The minimum Gasteiger partial charge on any atom is -0.465 e. The molecule has 1 aromatic rings. The van der Waals surface area contributed by atoms with Crippen LogP contribution >= 0.6 is 0 Å². The van der Waals surface area contributed by atoms with Gasteiger partial charge in [0.15, 0.2) is 0 Å². The van der Waals surface area contributed by atoms with Crippen LogP contribution in [0.15, 0.2) is 9.31 Å². The summed E-state index contributed by atoms with van der Waals surface area (Å²) in [4.78, 5) is 0.273. The summed E-state index contributed by atoms with van der Waals surface area (Å²) in [6, 6.07) is -0.0722. The van der Waals surface area contributed by atoms with Crippen molar-refractivity contribution in [1.29, 1.82) is 0 Å². The van der Waals surface area contributed by atoms with Crippen LogP contribution in [0.3, 0.4) is 0 Å². The van der Waals surface area contributed by atoms with Crippen LogP contribution in [0.1, 0.15) is 36.3 Å². The molecule has 2 rings (SSSR count). The van der Waals surface area contributed by atoms with Crippen molar-refractivity contribution < 1.29 is 17.6 Å². The largest absolute Gasteiger partial charge is 0.465 e. The highest BCUT2D eigenvalue weighted by atomic mass is 32.2. The van der Waals surface area contributed by atoms with Gasteiger partial charge in [-0.05, 0) is 40.2 Å². The zero-order valence-corrected chi connectivity index (χ0v) is 13.8. The average molecular weight is 316 g/mol. The Morgan fingerprint density at radius 3 is 2.57 bits per heavy atom. The molecular formula is C14H24N2O4S. The van der Waals surface area contributed by atoms with Crippen molar-refractivity contribution in [3.8, 4) is 0 Å². The Morgan fingerprint density at radius 1 is 1.29 bits per heavy atom. The van der Waals surface area contributed by atoms with Crippen LogP contribution in [0.5, 0.6) is 0 Å². The van der Waals surface area contributed by atoms with Crippen LogP contribution in [0.2, 0.25) is 0 Å². The zero-order chi connectivity index (χ0) is 15.6. The van der Waals surface area contributed by atoms with Gasteiger partial charge in [0.25, 0.3) is 0 Å². The summed E-state index contributed by atoms with van der Waals surface area (Å²) >= 11 is 0. The standard InChI is InChI=1S/C14H24N2O4S/c1-9-13(8-15-3)14(10(2)20-9)21(17,18)16-11-5-6-12(7-11)19-4/h11-12,15-16H,5-8H2,1-4H3. The van der Waals surface area contributed by atoms with Crippen molar-refractivity contribution >= 4 is 10.0 Å². The van der Waals surface area contributed by atoms with E-state index >= 15 is 0 Å². The fourth-order valence-electron chi connectivity index (χ4n) is 2.98. The molecule has 0 aliphatic heterocycles. The van der Waals surface area contributed by atoms with Gasteiger partial charge in [-0.2, -0.15) is 0 Å². The maximum Gasteiger partial charge on any atom is 0.244 e. The number of methoxy groups -OCH3 is 1. The summed E-state index contributed by atoms with van der Waals surface area (Å²) in [5.74, 6) is 1.08. The third-order valence-electron chi connectivity index (χ3n) is 3.99. The Morgan fingerprint density at radius 2 is 2.00 bits per heavy atom. The van der Waals surface area contributed by atoms with E-state index in [1.54, 1.807) is 28.0 Å². The third kappa shape index (κ3) is 3.48. The van der Waals surface area contributed by atoms with Crippen molar-refractivity contribution in [2.45, 2.75) is 56.7 Å². The van der Waals surface area contributed by atoms with E-state index in [4.69, 9.17) is 9.15 Å². The van der Waals surface area contributed by atoms with Crippen LogP contribution in [-0.2, 0) is 21.3 Å². The van der Waals surface area contributed by atoms with Crippen LogP contribution in [0, 0.1) is 13.8 Å². The summed E-state index contributed by atoms with van der Waals surface area (Å²) in [5.41, 5.74) is 0.698. The molecule has 1 aromatic heterocycles. The Hall–Kier alpha value is -0.890. The maximum atomic E-state index is 12.7. The van der Waals surface area contributed by atoms with Gasteiger partial charge < -0.3 is 14.5 Å². The molecule has 2 N–H and O–H groups in total. The molecule has 1 saturated carbocycles. The SMILES string of the molecule is CNCc1c(C)oc(C)c1S(=O)(=O)NC1CCC(OC)C1. The van der Waals surface area contributed by atoms with Gasteiger partial charge in [-0.25, -0.2) is 13.1 Å². The van der Waals surface area contributed by atoms with Gasteiger partial charge in [0.1, 0.15) is 16.4 Å². The van der Waals surface area contributed by atoms with E-state index in [9.17, 15) is 8.42 Å². The quantitative estimate of drug-likeness (QED) is 0.830. The zero-order valence-electron chi connectivity index (χ0n) is 13.0. The molecule has 1 heterocycles. The van der Waals surface area contributed by atoms with Crippen LogP contribution < -0.4 is 10.0 Å². The highest BCUT2D eigenvalue weighted by Gasteiger charge is 2.32. The molecule has 1 aliphatic rings. The molecule has 0 amide bonds. The number of rotatable bonds is 6. The lowest BCUT2D eigenvalue weighted by molar-refractivity contribution is 0.107. The topological polar surface area (TPSA) is 80.6 Å². The van der Waals surface area contributed by atoms with Crippen LogP contribution in [0.25, 0.3) is 0 Å². The van der Waals surface area contributed by atoms with E-state index in [1.807, 2.05) is 0 Å². The molecule has 120 valence electrons. The van der Waals surface area contributed by atoms with Crippen molar-refractivity contribution in [1.82, 2.24) is 10.0 Å². The number of hydrogen-bond acceptors (Lipinski definition) is 5. The van der Waals surface area contributed by atoms with E-state index < -0.39 is 10.0 Å². The average Bonchev–Trinajstić information content (AvgIpc) is 2.95. The van der Waals surface area contributed by atoms with E-state index in [2.05, 4.69) is 10.0 Å². The van der Waals surface area contributed by atoms with Gasteiger partial charge in [0.2, 0.25) is 10.0 Å². The lowest BCUT2D eigenvalue weighted by Gasteiger charge is -2.14. The highest BCUT2D eigenvalue weighted by molar-refractivity contribution is 7.89. The van der Waals surface area contributed by atoms with Crippen molar-refractivity contribution in [2.75, 3.05) is 14.2 Å².